The smallest absolute Gasteiger partial charge is 0.309 e. The lowest BCUT2D eigenvalue weighted by molar-refractivity contribution is -0.147. The first kappa shape index (κ1) is 19.5. The molecule has 0 spiro atoms. The summed E-state index contributed by atoms with van der Waals surface area (Å²) >= 11 is 0. The summed E-state index contributed by atoms with van der Waals surface area (Å²) in [6, 6.07) is 23.9. The van der Waals surface area contributed by atoms with Gasteiger partial charge in [-0.05, 0) is 53.4 Å². The first-order chi connectivity index (χ1) is 15.0. The van der Waals surface area contributed by atoms with E-state index < -0.39 is 5.97 Å². The molecule has 1 aromatic heterocycles. The minimum Gasteiger partial charge on any atom is -0.481 e. The number of nitrogens with zero attached hydrogens (tertiary/aromatic N) is 1. The summed E-state index contributed by atoms with van der Waals surface area (Å²) in [7, 11) is 0. The lowest BCUT2D eigenvalue weighted by Gasteiger charge is -2.36. The van der Waals surface area contributed by atoms with Gasteiger partial charge in [0, 0.05) is 41.8 Å². The summed E-state index contributed by atoms with van der Waals surface area (Å²) in [6.07, 6.45) is 0.861. The molecule has 1 aliphatic heterocycles. The first-order valence-electron chi connectivity index (χ1n) is 10.4. The van der Waals surface area contributed by atoms with Crippen LogP contribution in [0.1, 0.15) is 16.7 Å². The largest absolute Gasteiger partial charge is 0.481 e. The van der Waals surface area contributed by atoms with Gasteiger partial charge in [-0.25, -0.2) is 4.39 Å². The normalized spacial score (nSPS) is 14.6. The van der Waals surface area contributed by atoms with Crippen LogP contribution < -0.4 is 0 Å². The van der Waals surface area contributed by atoms with Gasteiger partial charge in [0.15, 0.2) is 0 Å². The van der Waals surface area contributed by atoms with Crippen LogP contribution in [0.25, 0.3) is 22.2 Å². The summed E-state index contributed by atoms with van der Waals surface area (Å²) in [4.78, 5) is 16.3. The number of carbonyl (C=O) groups is 1. The second kappa shape index (κ2) is 8.00. The lowest BCUT2D eigenvalue weighted by Crippen LogP contribution is -2.49. The van der Waals surface area contributed by atoms with Crippen LogP contribution in [0.5, 0.6) is 0 Å². The molecule has 0 bridgehead atoms. The Kier molecular flexibility index (Phi) is 5.04. The van der Waals surface area contributed by atoms with Crippen molar-refractivity contribution in [2.24, 2.45) is 5.92 Å². The zero-order valence-electron chi connectivity index (χ0n) is 17.0. The number of nitrogens with one attached hydrogen (secondary N) is 1. The molecular formula is C26H23FN2O2. The van der Waals surface area contributed by atoms with Gasteiger partial charge in [0.05, 0.1) is 5.92 Å². The molecular weight excluding hydrogens is 391 g/mol. The highest BCUT2D eigenvalue weighted by molar-refractivity contribution is 5.86. The Morgan fingerprint density at radius 2 is 1.74 bits per heavy atom. The van der Waals surface area contributed by atoms with Crippen molar-refractivity contribution in [3.63, 3.8) is 0 Å². The molecule has 31 heavy (non-hydrogen) atoms. The van der Waals surface area contributed by atoms with Crippen LogP contribution in [0.3, 0.4) is 0 Å². The van der Waals surface area contributed by atoms with Gasteiger partial charge in [0.2, 0.25) is 0 Å². The zero-order valence-corrected chi connectivity index (χ0v) is 17.0. The molecule has 0 saturated carbocycles. The maximum Gasteiger partial charge on any atom is 0.309 e. The molecule has 0 unspecified atom stereocenters. The van der Waals surface area contributed by atoms with Crippen LogP contribution in [0.4, 0.5) is 4.39 Å². The van der Waals surface area contributed by atoms with E-state index in [2.05, 4.69) is 29.2 Å². The number of aromatic amines is 1. The molecule has 0 radical (unpaired) electrons. The predicted octanol–water partition coefficient (Wildman–Crippen LogP) is 5.08. The number of halogens is 1. The number of carboxylic acid groups (broad SMARTS) is 1. The van der Waals surface area contributed by atoms with Crippen LogP contribution >= 0.6 is 0 Å². The molecule has 1 aliphatic rings. The fourth-order valence-corrected chi connectivity index (χ4v) is 4.26. The van der Waals surface area contributed by atoms with Crippen LogP contribution in [-0.4, -0.2) is 34.0 Å². The fourth-order valence-electron chi connectivity index (χ4n) is 4.26. The number of H-pyrrole nitrogens is 1. The van der Waals surface area contributed by atoms with Crippen molar-refractivity contribution in [3.05, 3.63) is 95.3 Å². The molecule has 2 N–H and O–H groups in total. The molecule has 1 fully saturated rings. The second-order valence-electron chi connectivity index (χ2n) is 8.31. The van der Waals surface area contributed by atoms with Crippen LogP contribution in [0, 0.1) is 11.7 Å². The summed E-state index contributed by atoms with van der Waals surface area (Å²) in [5, 5.41) is 10.0. The van der Waals surface area contributed by atoms with E-state index in [9.17, 15) is 9.18 Å². The standard InChI is InChI=1S/C26H23FN2O2/c27-23-12-19(14-29-15-21(16-29)26(30)31)6-8-22(23)25-13-20-11-18(7-9-24(20)28-25)10-17-4-2-1-3-5-17/h1-9,11-13,21,28H,10,14-16H2,(H,30,31). The summed E-state index contributed by atoms with van der Waals surface area (Å²) in [5.74, 6) is -1.34. The number of fused-ring (bicyclic) bond motifs is 1. The van der Waals surface area contributed by atoms with E-state index >= 15 is 0 Å². The fraction of sp³-hybridized carbons (Fsp3) is 0.192. The topological polar surface area (TPSA) is 56.3 Å². The molecule has 3 aromatic carbocycles. The Labute approximate surface area is 180 Å². The third kappa shape index (κ3) is 4.09. The number of carboxylic acids is 1. The van der Waals surface area contributed by atoms with E-state index in [0.717, 1.165) is 28.6 Å². The van der Waals surface area contributed by atoms with Crippen LogP contribution in [0.15, 0.2) is 72.8 Å². The number of hydrogen-bond acceptors (Lipinski definition) is 2. The van der Waals surface area contributed by atoms with Gasteiger partial charge in [0.25, 0.3) is 0 Å². The summed E-state index contributed by atoms with van der Waals surface area (Å²) in [6.45, 7) is 1.61. The monoisotopic (exact) mass is 414 g/mol. The van der Waals surface area contributed by atoms with Gasteiger partial charge < -0.3 is 10.1 Å². The van der Waals surface area contributed by atoms with Gasteiger partial charge in [0.1, 0.15) is 5.82 Å². The highest BCUT2D eigenvalue weighted by Crippen LogP contribution is 2.29. The van der Waals surface area contributed by atoms with E-state index in [-0.39, 0.29) is 11.7 Å². The maximum absolute atomic E-state index is 14.9. The molecule has 0 atom stereocenters. The van der Waals surface area contributed by atoms with Crippen molar-refractivity contribution in [3.8, 4) is 11.3 Å². The predicted molar refractivity (Wildman–Crippen MR) is 119 cm³/mol. The zero-order chi connectivity index (χ0) is 21.4. The van der Waals surface area contributed by atoms with E-state index in [1.54, 1.807) is 12.1 Å². The van der Waals surface area contributed by atoms with Crippen LogP contribution in [0.2, 0.25) is 0 Å². The first-order valence-corrected chi connectivity index (χ1v) is 10.4. The van der Waals surface area contributed by atoms with Gasteiger partial charge in [-0.3, -0.25) is 9.69 Å². The number of benzene rings is 3. The van der Waals surface area contributed by atoms with Crippen molar-refractivity contribution < 1.29 is 14.3 Å². The number of aliphatic carboxylic acids is 1. The Balaban J connectivity index is 1.33. The van der Waals surface area contributed by atoms with Crippen molar-refractivity contribution in [1.82, 2.24) is 9.88 Å². The molecule has 2 heterocycles. The number of aromatic nitrogens is 1. The molecule has 4 nitrogen and oxygen atoms in total. The summed E-state index contributed by atoms with van der Waals surface area (Å²) in [5.41, 5.74) is 5.61. The molecule has 0 amide bonds. The Bertz CT molecular complexity index is 1240. The maximum atomic E-state index is 14.9. The molecule has 4 aromatic rings. The highest BCUT2D eigenvalue weighted by atomic mass is 19.1. The average molecular weight is 414 g/mol. The van der Waals surface area contributed by atoms with E-state index in [4.69, 9.17) is 5.11 Å². The molecule has 5 heteroatoms. The minimum atomic E-state index is -0.761. The molecule has 0 aliphatic carbocycles. The number of rotatable bonds is 6. The van der Waals surface area contributed by atoms with Gasteiger partial charge in [-0.1, -0.05) is 42.5 Å². The van der Waals surface area contributed by atoms with Crippen LogP contribution in [-0.2, 0) is 17.8 Å². The third-order valence-corrected chi connectivity index (χ3v) is 5.97. The van der Waals surface area contributed by atoms with Crippen molar-refractivity contribution in [1.29, 1.82) is 0 Å². The van der Waals surface area contributed by atoms with E-state index in [1.807, 2.05) is 41.3 Å². The molecule has 1 saturated heterocycles. The third-order valence-electron chi connectivity index (χ3n) is 5.97. The van der Waals surface area contributed by atoms with Crippen molar-refractivity contribution in [2.75, 3.05) is 13.1 Å². The SMILES string of the molecule is O=C(O)C1CN(Cc2ccc(-c3cc4cc(Cc5ccccc5)ccc4[nH]3)c(F)c2)C1. The van der Waals surface area contributed by atoms with E-state index in [1.165, 1.54) is 11.1 Å². The number of likely N-dealkylation sites (tertiary alicyclic amines) is 1. The lowest BCUT2D eigenvalue weighted by atomic mass is 9.99. The van der Waals surface area contributed by atoms with E-state index in [0.29, 0.717) is 25.2 Å². The minimum absolute atomic E-state index is 0.274. The van der Waals surface area contributed by atoms with Crippen molar-refractivity contribution in [2.45, 2.75) is 13.0 Å². The van der Waals surface area contributed by atoms with Gasteiger partial charge in [-0.15, -0.1) is 0 Å². The number of hydrogen-bond donors (Lipinski definition) is 2. The van der Waals surface area contributed by atoms with Gasteiger partial charge in [-0.2, -0.15) is 0 Å². The Morgan fingerprint density at radius 1 is 0.968 bits per heavy atom. The highest BCUT2D eigenvalue weighted by Gasteiger charge is 2.32. The Morgan fingerprint density at radius 3 is 2.48 bits per heavy atom. The molecule has 5 rings (SSSR count). The average Bonchev–Trinajstić information content (AvgIpc) is 3.14. The quantitative estimate of drug-likeness (QED) is 0.463. The summed E-state index contributed by atoms with van der Waals surface area (Å²) < 4.78 is 14.9. The molecule has 156 valence electrons. The van der Waals surface area contributed by atoms with Crippen molar-refractivity contribution >= 4 is 16.9 Å². The second-order valence-corrected chi connectivity index (χ2v) is 8.31. The Hall–Kier alpha value is -3.44. The van der Waals surface area contributed by atoms with Gasteiger partial charge >= 0.3 is 5.97 Å².